The second-order valence-electron chi connectivity index (χ2n) is 10.7. The molecular weight excluding hydrogens is 544 g/mol. The molecule has 2 rings (SSSR count). The first kappa shape index (κ1) is 41.7. The fourth-order valence-corrected chi connectivity index (χ4v) is 4.71. The van der Waals surface area contributed by atoms with Gasteiger partial charge in [0.15, 0.2) is 0 Å². The summed E-state index contributed by atoms with van der Waals surface area (Å²) in [6.07, 6.45) is 8.69. The Kier molecular flexibility index (Phi) is 27.3. The molecule has 0 aromatic rings. The first-order valence-electron chi connectivity index (χ1n) is 14.9. The number of hydrogen-bond donors (Lipinski definition) is 9. The first-order valence-corrected chi connectivity index (χ1v) is 14.9. The van der Waals surface area contributed by atoms with Gasteiger partial charge in [-0.05, 0) is 19.4 Å². The molecule has 0 bridgehead atoms. The molecule has 0 radical (unpaired) electrons. The van der Waals surface area contributed by atoms with Crippen LogP contribution in [0.5, 0.6) is 0 Å². The van der Waals surface area contributed by atoms with Crippen LogP contribution in [0, 0.1) is 0 Å². The van der Waals surface area contributed by atoms with Crippen molar-refractivity contribution < 1.29 is 45.6 Å². The van der Waals surface area contributed by atoms with Crippen LogP contribution in [0.25, 0.3) is 0 Å². The lowest BCUT2D eigenvalue weighted by atomic mass is 9.94. The third-order valence-electron chi connectivity index (χ3n) is 7.38. The topological polar surface area (TPSA) is 194 Å². The highest BCUT2D eigenvalue weighted by Gasteiger charge is 2.40. The summed E-state index contributed by atoms with van der Waals surface area (Å²) < 4.78 is 0. The smallest absolute Gasteiger partial charge is 0.119 e. The lowest BCUT2D eigenvalue weighted by Crippen LogP contribution is -2.62. The van der Waals surface area contributed by atoms with Crippen molar-refractivity contribution in [2.75, 3.05) is 32.8 Å². The van der Waals surface area contributed by atoms with Crippen molar-refractivity contribution in [1.82, 2.24) is 10.2 Å². The molecule has 2 saturated heterocycles. The monoisotopic (exact) mass is 602 g/mol. The van der Waals surface area contributed by atoms with Gasteiger partial charge in [0.2, 0.25) is 0 Å². The largest absolute Gasteiger partial charge is 0.395 e. The van der Waals surface area contributed by atoms with Crippen LogP contribution < -0.4 is 5.32 Å². The van der Waals surface area contributed by atoms with Gasteiger partial charge in [0.25, 0.3) is 0 Å². The highest BCUT2D eigenvalue weighted by Crippen LogP contribution is 2.20. The average molecular weight is 603 g/mol. The second-order valence-corrected chi connectivity index (χ2v) is 10.7. The molecule has 242 valence electrons. The van der Waals surface area contributed by atoms with E-state index in [1.807, 2.05) is 4.90 Å². The van der Waals surface area contributed by atoms with E-state index in [1.165, 1.54) is 51.4 Å². The molecule has 0 amide bonds. The number of rotatable bonds is 15. The highest BCUT2D eigenvalue weighted by atomic mass is 35.5. The predicted octanol–water partition coefficient (Wildman–Crippen LogP) is 0.107. The summed E-state index contributed by atoms with van der Waals surface area (Å²) in [5, 5.41) is 77.0. The predicted molar refractivity (Wildman–Crippen MR) is 157 cm³/mol. The molecule has 0 spiro atoms. The molecular formula is C28H59ClN2O9. The van der Waals surface area contributed by atoms with Crippen LogP contribution in [0.15, 0.2) is 0 Å². The van der Waals surface area contributed by atoms with Gasteiger partial charge in [0.1, 0.15) is 24.6 Å². The van der Waals surface area contributed by atoms with Gasteiger partial charge < -0.3 is 51.0 Å². The minimum atomic E-state index is -1.16. The molecule has 40 heavy (non-hydrogen) atoms. The number of aldehydes is 1. The zero-order valence-corrected chi connectivity index (χ0v) is 25.4. The van der Waals surface area contributed by atoms with E-state index < -0.39 is 48.7 Å². The van der Waals surface area contributed by atoms with Gasteiger partial charge in [0.05, 0.1) is 43.6 Å². The number of likely N-dealkylation sites (tertiary alicyclic amines) is 1. The number of carbonyl (C=O) groups is 1. The van der Waals surface area contributed by atoms with Crippen molar-refractivity contribution in [2.24, 2.45) is 0 Å². The van der Waals surface area contributed by atoms with Crippen LogP contribution in [0.3, 0.4) is 0 Å². The Hall–Kier alpha value is -0.440. The van der Waals surface area contributed by atoms with E-state index in [0.717, 1.165) is 38.5 Å². The molecule has 2 fully saturated rings. The molecule has 9 N–H and O–H groups in total. The second kappa shape index (κ2) is 26.2. The van der Waals surface area contributed by atoms with Crippen LogP contribution in [-0.4, -0.2) is 134 Å². The van der Waals surface area contributed by atoms with E-state index in [4.69, 9.17) is 15.3 Å². The van der Waals surface area contributed by atoms with Crippen LogP contribution in [0.2, 0.25) is 0 Å². The lowest BCUT2D eigenvalue weighted by Gasteiger charge is -2.43. The van der Waals surface area contributed by atoms with Crippen molar-refractivity contribution in [3.8, 4) is 0 Å². The summed E-state index contributed by atoms with van der Waals surface area (Å²) in [7, 11) is 0. The Balaban J connectivity index is 0. The van der Waals surface area contributed by atoms with Crippen LogP contribution in [0.4, 0.5) is 0 Å². The van der Waals surface area contributed by atoms with Gasteiger partial charge in [-0.15, -0.1) is 12.4 Å². The Morgan fingerprint density at radius 2 is 1.23 bits per heavy atom. The number of aliphatic hydroxyl groups is 8. The molecule has 2 aliphatic heterocycles. The Bertz CT molecular complexity index is 580. The zero-order chi connectivity index (χ0) is 29.6. The molecule has 0 aromatic heterocycles. The van der Waals surface area contributed by atoms with Crippen molar-refractivity contribution in [1.29, 1.82) is 0 Å². The molecule has 0 saturated carbocycles. The summed E-state index contributed by atoms with van der Waals surface area (Å²) >= 11 is 0. The van der Waals surface area contributed by atoms with E-state index in [9.17, 15) is 30.3 Å². The molecule has 0 aliphatic carbocycles. The summed E-state index contributed by atoms with van der Waals surface area (Å²) in [6.45, 7) is 5.21. The molecule has 2 aliphatic rings. The van der Waals surface area contributed by atoms with Gasteiger partial charge in [0, 0.05) is 19.5 Å². The van der Waals surface area contributed by atoms with Gasteiger partial charge in [-0.1, -0.05) is 71.6 Å². The Morgan fingerprint density at radius 3 is 1.75 bits per heavy atom. The average Bonchev–Trinajstić information content (AvgIpc) is 2.93. The number of β-amino-alcohol motifs (C(OH)–C–C–N with tert-alkyl or cyclic N) is 2. The fourth-order valence-electron chi connectivity index (χ4n) is 4.71. The van der Waals surface area contributed by atoms with Gasteiger partial charge >= 0.3 is 0 Å². The number of unbranched alkanes of at least 4 members (excludes halogenated alkanes) is 10. The van der Waals surface area contributed by atoms with Crippen molar-refractivity contribution in [2.45, 2.75) is 140 Å². The van der Waals surface area contributed by atoms with Gasteiger partial charge in [-0.25, -0.2) is 0 Å². The number of nitrogens with zero attached hydrogens (tertiary/aromatic N) is 1. The maximum atomic E-state index is 9.84. The van der Waals surface area contributed by atoms with Crippen molar-refractivity contribution in [3.05, 3.63) is 0 Å². The Morgan fingerprint density at radius 1 is 0.700 bits per heavy atom. The minimum absolute atomic E-state index is 0. The molecule has 12 heteroatoms. The lowest BCUT2D eigenvalue weighted by molar-refractivity contribution is -0.145. The molecule has 11 nitrogen and oxygen atoms in total. The third-order valence-corrected chi connectivity index (χ3v) is 7.38. The van der Waals surface area contributed by atoms with Crippen LogP contribution in [-0.2, 0) is 4.79 Å². The number of halogens is 1. The standard InChI is InChI=1S/C14H29NO4.C8H16O.C6H13NO4.ClH/c1-2-3-4-5-6-7-8-15-9-12(17)14(19)13(18)11(15)10-16;1-2-3-4-5-6-7-8-9;8-2-3-5(10)6(11)4(9)1-7-3;/h11-14,16-19H,2-10H2,1H3;8H,2-7H2,1H3;3-11H,1-2H2;1H/t11-,12+,13-,14-;;3-,4+,5-,6-;/m1.1./s1. The first-order chi connectivity index (χ1) is 18.7. The van der Waals surface area contributed by atoms with E-state index in [2.05, 4.69) is 19.2 Å². The Labute approximate surface area is 247 Å². The molecule has 2 heterocycles. The van der Waals surface area contributed by atoms with Crippen molar-refractivity contribution in [3.63, 3.8) is 0 Å². The number of piperidine rings is 2. The highest BCUT2D eigenvalue weighted by molar-refractivity contribution is 5.85. The SMILES string of the molecule is CCCCCCCC=O.CCCCCCCCN1C[C@H](O)[C@@H](O)[C@H](O)[C@H]1CO.Cl.OC[C@H]1NC[C@H](O)[C@@H](O)[C@@H]1O. The third kappa shape index (κ3) is 16.9. The van der Waals surface area contributed by atoms with Crippen LogP contribution in [0.1, 0.15) is 90.9 Å². The van der Waals surface area contributed by atoms with E-state index >= 15 is 0 Å². The van der Waals surface area contributed by atoms with E-state index in [1.54, 1.807) is 0 Å². The molecule has 8 atom stereocenters. The normalized spacial score (nSPS) is 30.2. The number of carbonyl (C=O) groups excluding carboxylic acids is 1. The summed E-state index contributed by atoms with van der Waals surface area (Å²) in [6, 6.07) is -0.998. The fraction of sp³-hybridized carbons (Fsp3) is 0.964. The van der Waals surface area contributed by atoms with Crippen LogP contribution >= 0.6 is 12.4 Å². The van der Waals surface area contributed by atoms with E-state index in [0.29, 0.717) is 6.54 Å². The quantitative estimate of drug-likeness (QED) is 0.0911. The number of hydrogen-bond acceptors (Lipinski definition) is 11. The number of nitrogens with one attached hydrogen (secondary N) is 1. The summed E-state index contributed by atoms with van der Waals surface area (Å²) in [5.41, 5.74) is 0. The molecule has 0 unspecified atom stereocenters. The minimum Gasteiger partial charge on any atom is -0.395 e. The van der Waals surface area contributed by atoms with Crippen molar-refractivity contribution >= 4 is 18.7 Å². The number of aliphatic hydroxyl groups excluding tert-OH is 8. The van der Waals surface area contributed by atoms with Gasteiger partial charge in [-0.3, -0.25) is 4.90 Å². The molecule has 0 aromatic carbocycles. The summed E-state index contributed by atoms with van der Waals surface area (Å²) in [5.74, 6) is 0. The zero-order valence-electron chi connectivity index (χ0n) is 24.6. The maximum absolute atomic E-state index is 9.84. The maximum Gasteiger partial charge on any atom is 0.119 e. The van der Waals surface area contributed by atoms with Gasteiger partial charge in [-0.2, -0.15) is 0 Å². The summed E-state index contributed by atoms with van der Waals surface area (Å²) in [4.78, 5) is 11.7. The van der Waals surface area contributed by atoms with E-state index in [-0.39, 0.29) is 32.2 Å².